The van der Waals surface area contributed by atoms with Crippen molar-refractivity contribution in [2.45, 2.75) is 215 Å². The van der Waals surface area contributed by atoms with Crippen molar-refractivity contribution < 1.29 is 80.8 Å². The number of amides is 6. The standard InChI is InChI=1S/C46H65F2N5O6.C41H56F2N6O7/c1-30(2)36(26-42(57)39(51-32(4)55)18-12-14-22-49-8)45(59)50-31(3)41(56)19-13-15-23-53(43(58)29-54)44(46(5,6)7)40-24-34(37-25-35(47)20-21-38(37)48)28-52(40)27-33-16-10-9-11-17-33;1-26(51)46-33(13-9-10-19-45-5)36(52)17-16-34(40(55)56)47-39(54)32(44)18-20-49(37(53)25-50)38(41(2,3)4)35-21-28(30-22-29(42)14-15-31(30)43)24-48(35)23-27-11-7-6-8-12-27/h9-11,16-17,20-21,24-25,28,30-31,36,39,44,49,54H,12-15,18-19,22-23,26-27,29H2,1-8H3,(H,50,59)(H,51,55);6-8,11-12,14-15,21-22,24,32-34,38,45,50H,9-10,13,16-20,23,25,44H2,1-5H3,(H,46,51)(H,47,54)(H,55,56)/t31-,36-,39-,44-;32-,33-,34+,38-/m00/s1. The van der Waals surface area contributed by atoms with Crippen molar-refractivity contribution in [2.24, 2.45) is 28.4 Å². The molecule has 0 radical (unpaired) electrons. The molecule has 4 aromatic carbocycles. The molecule has 0 aliphatic rings. The zero-order chi connectivity index (χ0) is 85.4. The van der Waals surface area contributed by atoms with Gasteiger partial charge in [0.2, 0.25) is 35.4 Å². The van der Waals surface area contributed by atoms with Crippen molar-refractivity contribution in [3.05, 3.63) is 167 Å². The number of carbonyl (C=O) groups is 10. The summed E-state index contributed by atoms with van der Waals surface area (Å²) in [6, 6.07) is 22.5. The lowest BCUT2D eigenvalue weighted by Crippen LogP contribution is -2.51. The summed E-state index contributed by atoms with van der Waals surface area (Å²) in [5.74, 6) is -8.64. The highest BCUT2D eigenvalue weighted by atomic mass is 19.1. The van der Waals surface area contributed by atoms with E-state index < -0.39 is 131 Å². The topological polar surface area (TPSA) is 346 Å². The van der Waals surface area contributed by atoms with Gasteiger partial charge in [-0.2, -0.15) is 0 Å². The second kappa shape index (κ2) is 46.7. The van der Waals surface area contributed by atoms with Gasteiger partial charge in [0, 0.05) is 111 Å². The van der Waals surface area contributed by atoms with Crippen LogP contribution in [0.3, 0.4) is 0 Å². The van der Waals surface area contributed by atoms with Gasteiger partial charge in [-0.25, -0.2) is 22.4 Å². The van der Waals surface area contributed by atoms with Crippen molar-refractivity contribution >= 4 is 58.8 Å². The molecule has 0 aliphatic carbocycles. The summed E-state index contributed by atoms with van der Waals surface area (Å²) < 4.78 is 62.6. The highest BCUT2D eigenvalue weighted by Crippen LogP contribution is 2.43. The summed E-state index contributed by atoms with van der Waals surface area (Å²) in [6.45, 7) is 20.1. The van der Waals surface area contributed by atoms with Gasteiger partial charge in [-0.3, -0.25) is 43.2 Å². The average molecular weight is 1600 g/mol. The molecule has 11 N–H and O–H groups in total. The van der Waals surface area contributed by atoms with E-state index in [0.29, 0.717) is 67.7 Å². The lowest BCUT2D eigenvalue weighted by Gasteiger charge is -2.41. The Kier molecular flexibility index (Phi) is 38.9. The number of carboxylic acids is 1. The van der Waals surface area contributed by atoms with E-state index in [0.717, 1.165) is 79.9 Å². The molecule has 8 atom stereocenters. The lowest BCUT2D eigenvalue weighted by molar-refractivity contribution is -0.142. The predicted molar refractivity (Wildman–Crippen MR) is 434 cm³/mol. The second-order valence-electron chi connectivity index (χ2n) is 32.0. The maximum absolute atomic E-state index is 15.1. The van der Waals surface area contributed by atoms with Crippen LogP contribution in [-0.2, 0) is 61.0 Å². The van der Waals surface area contributed by atoms with Crippen LogP contribution in [0, 0.1) is 45.9 Å². The minimum Gasteiger partial charge on any atom is -0.480 e. The zero-order valence-corrected chi connectivity index (χ0v) is 68.9. The number of carboxylic acid groups (broad SMARTS) is 1. The molecule has 0 saturated carbocycles. The van der Waals surface area contributed by atoms with Crippen LogP contribution in [0.4, 0.5) is 17.6 Å². The first-order chi connectivity index (χ1) is 54.3. The number of nitrogens with one attached hydrogen (secondary N) is 6. The summed E-state index contributed by atoms with van der Waals surface area (Å²) in [5.41, 5.74) is 8.96. The van der Waals surface area contributed by atoms with Crippen molar-refractivity contribution in [2.75, 3.05) is 53.5 Å². The van der Waals surface area contributed by atoms with Crippen molar-refractivity contribution in [1.29, 1.82) is 0 Å². The molecule has 0 saturated heterocycles. The largest absolute Gasteiger partial charge is 0.480 e. The summed E-state index contributed by atoms with van der Waals surface area (Å²) in [5, 5.41) is 46.8. The first-order valence-corrected chi connectivity index (χ1v) is 39.5. The third kappa shape index (κ3) is 30.4. The van der Waals surface area contributed by atoms with Crippen molar-refractivity contribution in [3.8, 4) is 22.3 Å². The van der Waals surface area contributed by atoms with Crippen LogP contribution in [0.2, 0.25) is 0 Å². The first kappa shape index (κ1) is 95.8. The molecule has 115 heavy (non-hydrogen) atoms. The Labute approximate surface area is 673 Å². The van der Waals surface area contributed by atoms with E-state index in [2.05, 4.69) is 31.9 Å². The maximum Gasteiger partial charge on any atom is 0.326 e. The molecule has 24 nitrogen and oxygen atoms in total. The minimum atomic E-state index is -1.46. The molecule has 0 unspecified atom stereocenters. The number of aliphatic carboxylic acids is 1. The number of halogens is 4. The fourth-order valence-electron chi connectivity index (χ4n) is 14.2. The maximum atomic E-state index is 15.1. The molecular weight excluding hydrogens is 1480 g/mol. The summed E-state index contributed by atoms with van der Waals surface area (Å²) in [4.78, 5) is 132. The van der Waals surface area contributed by atoms with E-state index in [9.17, 15) is 72.0 Å². The molecular formula is C87H121F4N11O13. The number of carbonyl (C=O) groups excluding carboxylic acids is 9. The van der Waals surface area contributed by atoms with E-state index in [1.807, 2.05) is 132 Å². The van der Waals surface area contributed by atoms with Gasteiger partial charge < -0.3 is 71.9 Å². The number of aliphatic hydroxyl groups is 2. The molecule has 0 fully saturated rings. The van der Waals surface area contributed by atoms with E-state index in [1.54, 1.807) is 43.4 Å². The number of aliphatic hydroxyl groups excluding tert-OH is 2. The fraction of sp³-hybridized carbons (Fsp3) is 0.517. The lowest BCUT2D eigenvalue weighted by atomic mass is 9.82. The number of hydrogen-bond acceptors (Lipinski definition) is 15. The summed E-state index contributed by atoms with van der Waals surface area (Å²) >= 11 is 0. The van der Waals surface area contributed by atoms with Crippen molar-refractivity contribution in [3.63, 3.8) is 0 Å². The summed E-state index contributed by atoms with van der Waals surface area (Å²) in [6.07, 6.45) is 7.50. The Bertz CT molecular complexity index is 4180. The van der Waals surface area contributed by atoms with Crippen LogP contribution in [0.25, 0.3) is 22.3 Å². The van der Waals surface area contributed by atoms with Gasteiger partial charge in [0.25, 0.3) is 0 Å². The Morgan fingerprint density at radius 1 is 0.496 bits per heavy atom. The Balaban J connectivity index is 0.000000411. The molecule has 6 rings (SSSR count). The van der Waals surface area contributed by atoms with Crippen LogP contribution in [-0.4, -0.2) is 177 Å². The Morgan fingerprint density at radius 3 is 1.35 bits per heavy atom. The molecule has 28 heteroatoms. The second-order valence-corrected chi connectivity index (χ2v) is 32.0. The van der Waals surface area contributed by atoms with Crippen LogP contribution >= 0.6 is 0 Å². The van der Waals surface area contributed by atoms with Crippen LogP contribution in [0.5, 0.6) is 0 Å². The SMILES string of the molecule is CNCCCC[C@H](NC(C)=O)C(=O)CC[C@@H](NC(=O)[C@@H](N)CCN(C(=O)CO)[C@@H](c1cc(-c2cc(F)ccc2F)cn1Cc1ccccc1)C(C)(C)C)C(=O)O.CNCCCC[C@H](NC(C)=O)C(=O)C[C@H](C(=O)N[C@@H](C)C(=O)CCCCN(C(=O)CO)[C@@H](c1cc(-c2cc(F)ccc2F)cn1Cc1ccccc1)C(C)(C)C)C(C)C. The number of aromatic nitrogens is 2. The quantitative estimate of drug-likeness (QED) is 0.0125. The molecule has 6 aromatic rings. The third-order valence-corrected chi connectivity index (χ3v) is 20.1. The number of rotatable bonds is 46. The Hall–Kier alpha value is -9.74. The molecule has 0 bridgehead atoms. The van der Waals surface area contributed by atoms with Gasteiger partial charge in [-0.15, -0.1) is 0 Å². The van der Waals surface area contributed by atoms with Crippen LogP contribution < -0.4 is 37.6 Å². The van der Waals surface area contributed by atoms with Crippen LogP contribution in [0.1, 0.15) is 194 Å². The average Bonchev–Trinajstić information content (AvgIpc) is 1.65. The number of nitrogens with two attached hydrogens (primary N) is 1. The molecule has 0 aliphatic heterocycles. The fourth-order valence-corrected chi connectivity index (χ4v) is 14.2. The molecule has 0 spiro atoms. The van der Waals surface area contributed by atoms with Gasteiger partial charge in [0.05, 0.1) is 36.3 Å². The number of Topliss-reactive ketones (excluding diaryl/α,β-unsaturated/α-hetero) is 3. The molecule has 2 aromatic heterocycles. The van der Waals surface area contributed by atoms with E-state index >= 15 is 8.78 Å². The van der Waals surface area contributed by atoms with Gasteiger partial charge in [0.15, 0.2) is 17.3 Å². The third-order valence-electron chi connectivity index (χ3n) is 20.1. The van der Waals surface area contributed by atoms with Gasteiger partial charge >= 0.3 is 5.97 Å². The highest BCUT2D eigenvalue weighted by Gasteiger charge is 2.40. The van der Waals surface area contributed by atoms with E-state index in [4.69, 9.17) is 5.73 Å². The normalized spacial score (nSPS) is 13.7. The van der Waals surface area contributed by atoms with E-state index in [1.165, 1.54) is 18.7 Å². The smallest absolute Gasteiger partial charge is 0.326 e. The highest BCUT2D eigenvalue weighted by molar-refractivity contribution is 5.94. The number of ketones is 3. The van der Waals surface area contributed by atoms with E-state index in [-0.39, 0.29) is 85.5 Å². The van der Waals surface area contributed by atoms with Gasteiger partial charge in [-0.1, -0.05) is 116 Å². The predicted octanol–water partition coefficient (Wildman–Crippen LogP) is 10.7. The molecule has 2 heterocycles. The monoisotopic (exact) mass is 1600 g/mol. The minimum absolute atomic E-state index is 0.0225. The molecule has 630 valence electrons. The zero-order valence-electron chi connectivity index (χ0n) is 68.9. The number of unbranched alkanes of at least 4 members (excludes halogenated alkanes) is 3. The first-order valence-electron chi connectivity index (χ1n) is 39.5. The number of hydrogen-bond donors (Lipinski definition) is 10. The van der Waals surface area contributed by atoms with Gasteiger partial charge in [0.1, 0.15) is 42.5 Å². The van der Waals surface area contributed by atoms with Crippen LogP contribution in [0.15, 0.2) is 122 Å². The Morgan fingerprint density at radius 2 is 0.939 bits per heavy atom. The van der Waals surface area contributed by atoms with Crippen molar-refractivity contribution in [1.82, 2.24) is 50.8 Å². The molecule has 6 amide bonds. The number of benzene rings is 4. The van der Waals surface area contributed by atoms with Gasteiger partial charge in [-0.05, 0) is 175 Å². The number of nitrogens with zero attached hydrogens (tertiary/aromatic N) is 4. The summed E-state index contributed by atoms with van der Waals surface area (Å²) in [7, 11) is 3.65.